The van der Waals surface area contributed by atoms with E-state index >= 15 is 0 Å². The van der Waals surface area contributed by atoms with Crippen LogP contribution in [-0.2, 0) is 9.84 Å². The zero-order chi connectivity index (χ0) is 15.6. The Morgan fingerprint density at radius 2 is 1.90 bits per heavy atom. The Balaban J connectivity index is 2.81. The fourth-order valence-electron chi connectivity index (χ4n) is 2.19. The molecule has 1 aromatic heterocycles. The van der Waals surface area contributed by atoms with Crippen molar-refractivity contribution in [3.8, 4) is 11.1 Å². The number of hydrogen-bond acceptors (Lipinski definition) is 4. The average Bonchev–Trinajstić information content (AvgIpc) is 2.45. The molecule has 5 heteroatoms. The predicted molar refractivity (Wildman–Crippen MR) is 85.7 cm³/mol. The quantitative estimate of drug-likeness (QED) is 0.819. The average molecular weight is 302 g/mol. The first-order valence-electron chi connectivity index (χ1n) is 6.54. The summed E-state index contributed by atoms with van der Waals surface area (Å²) in [6.07, 6.45) is 2.97. The lowest BCUT2D eigenvalue weighted by Gasteiger charge is -2.13. The highest BCUT2D eigenvalue weighted by Gasteiger charge is 2.19. The maximum absolute atomic E-state index is 12.0. The first-order chi connectivity index (χ1) is 9.84. The van der Waals surface area contributed by atoms with Crippen LogP contribution in [-0.4, -0.2) is 32.4 Å². The Morgan fingerprint density at radius 1 is 1.19 bits per heavy atom. The SMILES string of the molecule is CN=C(C)c1c(-c2ccc(C)nc2)cccc1S(C)(=O)=O. The first kappa shape index (κ1) is 15.4. The van der Waals surface area contributed by atoms with Gasteiger partial charge in [0.25, 0.3) is 0 Å². The zero-order valence-corrected chi connectivity index (χ0v) is 13.4. The number of aliphatic imine (C=N–C) groups is 1. The molecule has 0 N–H and O–H groups in total. The molecule has 0 fully saturated rings. The van der Waals surface area contributed by atoms with E-state index in [1.54, 1.807) is 25.4 Å². The van der Waals surface area contributed by atoms with Gasteiger partial charge in [0, 0.05) is 42.0 Å². The number of nitrogens with zero attached hydrogens (tertiary/aromatic N) is 2. The topological polar surface area (TPSA) is 59.4 Å². The van der Waals surface area contributed by atoms with Crippen LogP contribution in [0.25, 0.3) is 11.1 Å². The molecule has 1 aromatic carbocycles. The third-order valence-electron chi connectivity index (χ3n) is 3.35. The second kappa shape index (κ2) is 5.77. The highest BCUT2D eigenvalue weighted by molar-refractivity contribution is 7.90. The summed E-state index contributed by atoms with van der Waals surface area (Å²) >= 11 is 0. The Morgan fingerprint density at radius 3 is 2.43 bits per heavy atom. The van der Waals surface area contributed by atoms with Crippen molar-refractivity contribution in [1.29, 1.82) is 0 Å². The molecule has 110 valence electrons. The number of aromatic nitrogens is 1. The Bertz CT molecular complexity index is 792. The molecule has 0 atom stereocenters. The van der Waals surface area contributed by atoms with E-state index in [-0.39, 0.29) is 0 Å². The number of pyridine rings is 1. The van der Waals surface area contributed by atoms with Crippen molar-refractivity contribution in [3.05, 3.63) is 47.8 Å². The van der Waals surface area contributed by atoms with Gasteiger partial charge in [-0.3, -0.25) is 9.98 Å². The summed E-state index contributed by atoms with van der Waals surface area (Å²) in [5.74, 6) is 0. The van der Waals surface area contributed by atoms with Crippen molar-refractivity contribution in [2.45, 2.75) is 18.7 Å². The minimum absolute atomic E-state index is 0.295. The van der Waals surface area contributed by atoms with Gasteiger partial charge in [0.2, 0.25) is 0 Å². The third kappa shape index (κ3) is 3.19. The molecule has 2 rings (SSSR count). The van der Waals surface area contributed by atoms with Crippen LogP contribution < -0.4 is 0 Å². The second-order valence-electron chi connectivity index (χ2n) is 4.95. The molecule has 21 heavy (non-hydrogen) atoms. The van der Waals surface area contributed by atoms with Crippen LogP contribution in [0.2, 0.25) is 0 Å². The summed E-state index contributed by atoms with van der Waals surface area (Å²) in [7, 11) is -1.67. The van der Waals surface area contributed by atoms with E-state index in [0.29, 0.717) is 16.2 Å². The Hall–Kier alpha value is -2.01. The van der Waals surface area contributed by atoms with Gasteiger partial charge in [0.15, 0.2) is 9.84 Å². The summed E-state index contributed by atoms with van der Waals surface area (Å²) in [4.78, 5) is 8.75. The smallest absolute Gasteiger partial charge is 0.176 e. The molecular formula is C16H18N2O2S. The molecule has 4 nitrogen and oxygen atoms in total. The molecular weight excluding hydrogens is 284 g/mol. The van der Waals surface area contributed by atoms with E-state index < -0.39 is 9.84 Å². The lowest BCUT2D eigenvalue weighted by molar-refractivity contribution is 0.601. The minimum atomic E-state index is -3.33. The standard InChI is InChI=1S/C16H18N2O2S/c1-11-8-9-13(10-18-11)14-6-5-7-15(21(4,19)20)16(14)12(2)17-3/h5-10H,1-4H3. The lowest BCUT2D eigenvalue weighted by Crippen LogP contribution is -2.08. The highest BCUT2D eigenvalue weighted by atomic mass is 32.2. The van der Waals surface area contributed by atoms with Crippen molar-refractivity contribution in [3.63, 3.8) is 0 Å². The molecule has 0 radical (unpaired) electrons. The van der Waals surface area contributed by atoms with Gasteiger partial charge < -0.3 is 0 Å². The summed E-state index contributed by atoms with van der Waals surface area (Å²) in [5.41, 5.74) is 3.96. The third-order valence-corrected chi connectivity index (χ3v) is 4.48. The highest BCUT2D eigenvalue weighted by Crippen LogP contribution is 2.29. The van der Waals surface area contributed by atoms with E-state index in [1.165, 1.54) is 6.26 Å². The molecule has 0 bridgehead atoms. The van der Waals surface area contributed by atoms with E-state index in [2.05, 4.69) is 9.98 Å². The summed E-state index contributed by atoms with van der Waals surface area (Å²) in [6, 6.07) is 9.11. The number of rotatable bonds is 3. The molecule has 1 heterocycles. The van der Waals surface area contributed by atoms with Crippen molar-refractivity contribution in [1.82, 2.24) is 4.98 Å². The van der Waals surface area contributed by atoms with Crippen molar-refractivity contribution >= 4 is 15.5 Å². The van der Waals surface area contributed by atoms with E-state index in [4.69, 9.17) is 0 Å². The molecule has 0 saturated heterocycles. The monoisotopic (exact) mass is 302 g/mol. The molecule has 0 amide bonds. The van der Waals surface area contributed by atoms with Crippen LogP contribution >= 0.6 is 0 Å². The van der Waals surface area contributed by atoms with Crippen molar-refractivity contribution in [2.75, 3.05) is 13.3 Å². The van der Waals surface area contributed by atoms with E-state index in [9.17, 15) is 8.42 Å². The molecule has 0 spiro atoms. The Labute approximate surface area is 125 Å². The van der Waals surface area contributed by atoms with Crippen LogP contribution in [0.15, 0.2) is 46.4 Å². The largest absolute Gasteiger partial charge is 0.293 e. The van der Waals surface area contributed by atoms with Gasteiger partial charge >= 0.3 is 0 Å². The fourth-order valence-corrected chi connectivity index (χ4v) is 3.15. The van der Waals surface area contributed by atoms with Crippen molar-refractivity contribution < 1.29 is 8.42 Å². The first-order valence-corrected chi connectivity index (χ1v) is 8.43. The summed E-state index contributed by atoms with van der Waals surface area (Å²) < 4.78 is 24.1. The second-order valence-corrected chi connectivity index (χ2v) is 6.93. The number of benzene rings is 1. The van der Waals surface area contributed by atoms with Crippen LogP contribution in [0.5, 0.6) is 0 Å². The van der Waals surface area contributed by atoms with Gasteiger partial charge in [-0.15, -0.1) is 0 Å². The van der Waals surface area contributed by atoms with Crippen LogP contribution in [0.1, 0.15) is 18.2 Å². The Kier molecular flexibility index (Phi) is 4.23. The molecule has 0 unspecified atom stereocenters. The summed E-state index contributed by atoms with van der Waals surface area (Å²) in [5, 5.41) is 0. The lowest BCUT2D eigenvalue weighted by atomic mass is 9.98. The molecule has 0 saturated carbocycles. The maximum atomic E-state index is 12.0. The van der Waals surface area contributed by atoms with Crippen LogP contribution in [0.4, 0.5) is 0 Å². The molecule has 0 aliphatic rings. The molecule has 0 aliphatic carbocycles. The van der Waals surface area contributed by atoms with Crippen LogP contribution in [0, 0.1) is 6.92 Å². The van der Waals surface area contributed by atoms with Gasteiger partial charge in [-0.05, 0) is 31.5 Å². The minimum Gasteiger partial charge on any atom is -0.293 e. The number of aryl methyl sites for hydroxylation is 1. The van der Waals surface area contributed by atoms with Gasteiger partial charge in [0.1, 0.15) is 0 Å². The van der Waals surface area contributed by atoms with E-state index in [1.807, 2.05) is 32.0 Å². The summed E-state index contributed by atoms with van der Waals surface area (Å²) in [6.45, 7) is 3.73. The van der Waals surface area contributed by atoms with Gasteiger partial charge in [-0.25, -0.2) is 8.42 Å². The molecule has 2 aromatic rings. The number of hydrogen-bond donors (Lipinski definition) is 0. The van der Waals surface area contributed by atoms with Gasteiger partial charge in [-0.2, -0.15) is 0 Å². The fraction of sp³-hybridized carbons (Fsp3) is 0.250. The van der Waals surface area contributed by atoms with Crippen LogP contribution in [0.3, 0.4) is 0 Å². The normalized spacial score (nSPS) is 12.5. The van der Waals surface area contributed by atoms with Gasteiger partial charge in [-0.1, -0.05) is 18.2 Å². The van der Waals surface area contributed by atoms with Gasteiger partial charge in [0.05, 0.1) is 4.90 Å². The zero-order valence-electron chi connectivity index (χ0n) is 12.6. The maximum Gasteiger partial charge on any atom is 0.176 e. The van der Waals surface area contributed by atoms with Crippen molar-refractivity contribution in [2.24, 2.45) is 4.99 Å². The molecule has 0 aliphatic heterocycles. The predicted octanol–water partition coefficient (Wildman–Crippen LogP) is 2.90. The van der Waals surface area contributed by atoms with E-state index in [0.717, 1.165) is 16.8 Å². The number of sulfone groups is 1.